The Morgan fingerprint density at radius 1 is 0.259 bits per heavy atom. The number of benzene rings is 10. The van der Waals surface area contributed by atoms with Gasteiger partial charge in [-0.05, 0) is 121 Å². The molecule has 0 radical (unpaired) electrons. The van der Waals surface area contributed by atoms with E-state index in [0.717, 1.165) is 44.6 Å². The van der Waals surface area contributed by atoms with Gasteiger partial charge in [0.2, 0.25) is 0 Å². The summed E-state index contributed by atoms with van der Waals surface area (Å²) in [6.07, 6.45) is 0. The fraction of sp³-hybridized carbons (Fsp3) is 0. The van der Waals surface area contributed by atoms with E-state index < -0.39 is 0 Å². The van der Waals surface area contributed by atoms with Gasteiger partial charge in [-0.3, -0.25) is 0 Å². The molecule has 0 atom stereocenters. The van der Waals surface area contributed by atoms with Crippen molar-refractivity contribution in [1.82, 2.24) is 0 Å². The molecule has 0 saturated heterocycles. The second-order valence-corrected chi connectivity index (χ2v) is 14.9. The number of hydrogen-bond acceptors (Lipinski definition) is 2. The summed E-state index contributed by atoms with van der Waals surface area (Å²) in [4.78, 5) is 2.32. The summed E-state index contributed by atoms with van der Waals surface area (Å²) < 4.78 is 6.39. The van der Waals surface area contributed by atoms with Crippen molar-refractivity contribution in [3.05, 3.63) is 224 Å². The summed E-state index contributed by atoms with van der Waals surface area (Å²) in [6.45, 7) is 0. The van der Waals surface area contributed by atoms with E-state index in [1.54, 1.807) is 0 Å². The maximum Gasteiger partial charge on any atom is 0.137 e. The molecule has 1 aromatic heterocycles. The first-order valence-corrected chi connectivity index (χ1v) is 19.8. The molecule has 0 amide bonds. The number of nitrogens with zero attached hydrogens (tertiary/aromatic N) is 1. The Kier molecular flexibility index (Phi) is 8.19. The first kappa shape index (κ1) is 33.6. The molecule has 58 heavy (non-hydrogen) atoms. The van der Waals surface area contributed by atoms with Gasteiger partial charge in [0.1, 0.15) is 11.2 Å². The van der Waals surface area contributed by atoms with Crippen LogP contribution in [0.25, 0.3) is 88.0 Å². The van der Waals surface area contributed by atoms with E-state index in [2.05, 4.69) is 217 Å². The topological polar surface area (TPSA) is 16.4 Å². The van der Waals surface area contributed by atoms with Gasteiger partial charge in [-0.1, -0.05) is 164 Å². The van der Waals surface area contributed by atoms with E-state index in [9.17, 15) is 0 Å². The lowest BCUT2D eigenvalue weighted by Crippen LogP contribution is -2.09. The maximum absolute atomic E-state index is 6.39. The Morgan fingerprint density at radius 2 is 0.776 bits per heavy atom. The zero-order valence-corrected chi connectivity index (χ0v) is 31.7. The van der Waals surface area contributed by atoms with E-state index in [0.29, 0.717) is 0 Å². The molecule has 2 nitrogen and oxygen atoms in total. The van der Waals surface area contributed by atoms with Gasteiger partial charge in [-0.25, -0.2) is 0 Å². The second kappa shape index (κ2) is 14.1. The zero-order chi connectivity index (χ0) is 38.4. The standard InChI is InChI=1S/C56H37NO/c1-2-11-38(12-3-1)44-24-23-41-15-10-21-51(54(41)36-44)45-17-8-16-43(35-45)39-25-29-46(30-26-39)57(48-33-34-53-52-19-6-7-22-55(52)58-56(53)37-48)47-31-27-42(28-32-47)50-20-9-14-40-13-4-5-18-49(40)50/h1-37H. The van der Waals surface area contributed by atoms with Crippen molar-refractivity contribution < 1.29 is 4.42 Å². The normalized spacial score (nSPS) is 11.4. The molecule has 0 aliphatic heterocycles. The molecule has 0 fully saturated rings. The Labute approximate surface area is 337 Å². The number of rotatable bonds is 7. The first-order chi connectivity index (χ1) is 28.7. The second-order valence-electron chi connectivity index (χ2n) is 14.9. The van der Waals surface area contributed by atoms with E-state index >= 15 is 0 Å². The summed E-state index contributed by atoms with van der Waals surface area (Å²) >= 11 is 0. The molecule has 0 saturated carbocycles. The lowest BCUT2D eigenvalue weighted by molar-refractivity contribution is 0.669. The van der Waals surface area contributed by atoms with Crippen molar-refractivity contribution in [3.8, 4) is 44.5 Å². The molecule has 2 heteroatoms. The predicted molar refractivity (Wildman–Crippen MR) is 245 cm³/mol. The molecule has 0 aliphatic rings. The summed E-state index contributed by atoms with van der Waals surface area (Å²) in [5.41, 5.74) is 14.6. The third-order valence-electron chi connectivity index (χ3n) is 11.5. The Hall–Kier alpha value is -7.68. The van der Waals surface area contributed by atoms with Gasteiger partial charge in [0.25, 0.3) is 0 Å². The zero-order valence-electron chi connectivity index (χ0n) is 31.7. The molecule has 10 aromatic carbocycles. The summed E-state index contributed by atoms with van der Waals surface area (Å²) in [5, 5.41) is 7.22. The van der Waals surface area contributed by atoms with Crippen LogP contribution >= 0.6 is 0 Å². The van der Waals surface area contributed by atoms with E-state index in [4.69, 9.17) is 4.42 Å². The van der Waals surface area contributed by atoms with Gasteiger partial charge < -0.3 is 9.32 Å². The van der Waals surface area contributed by atoms with E-state index in [-0.39, 0.29) is 0 Å². The van der Waals surface area contributed by atoms with Crippen LogP contribution in [0.3, 0.4) is 0 Å². The monoisotopic (exact) mass is 739 g/mol. The van der Waals surface area contributed by atoms with Crippen molar-refractivity contribution in [2.24, 2.45) is 0 Å². The first-order valence-electron chi connectivity index (χ1n) is 19.8. The van der Waals surface area contributed by atoms with E-state index in [1.165, 1.54) is 60.5 Å². The van der Waals surface area contributed by atoms with Crippen LogP contribution in [-0.2, 0) is 0 Å². The minimum atomic E-state index is 0.869. The Bertz CT molecular complexity index is 3260. The van der Waals surface area contributed by atoms with Gasteiger partial charge in [-0.15, -0.1) is 0 Å². The Morgan fingerprint density at radius 3 is 1.57 bits per heavy atom. The quantitative estimate of drug-likeness (QED) is 0.162. The van der Waals surface area contributed by atoms with Crippen LogP contribution in [-0.4, -0.2) is 0 Å². The SMILES string of the molecule is c1ccc(-c2ccc3cccc(-c4cccc(-c5ccc(N(c6ccc(-c7cccc8ccccc78)cc6)c6ccc7c(c6)oc6ccccc67)cc5)c4)c3c2)cc1. The summed E-state index contributed by atoms with van der Waals surface area (Å²) in [7, 11) is 0. The largest absolute Gasteiger partial charge is 0.456 e. The summed E-state index contributed by atoms with van der Waals surface area (Å²) in [5.74, 6) is 0. The summed E-state index contributed by atoms with van der Waals surface area (Å²) in [6, 6.07) is 80.7. The molecule has 272 valence electrons. The average molecular weight is 740 g/mol. The minimum absolute atomic E-state index is 0.869. The van der Waals surface area contributed by atoms with Crippen LogP contribution in [0.1, 0.15) is 0 Å². The van der Waals surface area contributed by atoms with Crippen molar-refractivity contribution >= 4 is 60.5 Å². The molecule has 1 heterocycles. The van der Waals surface area contributed by atoms with Crippen molar-refractivity contribution in [1.29, 1.82) is 0 Å². The number of anilines is 3. The lowest BCUT2D eigenvalue weighted by Gasteiger charge is -2.26. The van der Waals surface area contributed by atoms with Crippen molar-refractivity contribution in [2.75, 3.05) is 4.90 Å². The highest BCUT2D eigenvalue weighted by molar-refractivity contribution is 6.06. The molecular weight excluding hydrogens is 703 g/mol. The Balaban J connectivity index is 0.976. The lowest BCUT2D eigenvalue weighted by atomic mass is 9.93. The van der Waals surface area contributed by atoms with Crippen LogP contribution in [0.4, 0.5) is 17.1 Å². The highest BCUT2D eigenvalue weighted by atomic mass is 16.3. The van der Waals surface area contributed by atoms with Gasteiger partial charge in [0.05, 0.1) is 0 Å². The van der Waals surface area contributed by atoms with Gasteiger partial charge in [-0.2, -0.15) is 0 Å². The fourth-order valence-electron chi connectivity index (χ4n) is 8.57. The smallest absolute Gasteiger partial charge is 0.137 e. The molecule has 11 rings (SSSR count). The predicted octanol–water partition coefficient (Wildman–Crippen LogP) is 16.0. The van der Waals surface area contributed by atoms with Crippen LogP contribution in [0.15, 0.2) is 229 Å². The van der Waals surface area contributed by atoms with E-state index in [1.807, 2.05) is 12.1 Å². The van der Waals surface area contributed by atoms with Crippen LogP contribution in [0.2, 0.25) is 0 Å². The molecule has 0 aliphatic carbocycles. The molecule has 0 N–H and O–H groups in total. The fourth-order valence-corrected chi connectivity index (χ4v) is 8.57. The average Bonchev–Trinajstić information content (AvgIpc) is 3.67. The molecular formula is C56H37NO. The third kappa shape index (κ3) is 6.00. The number of fused-ring (bicyclic) bond motifs is 5. The number of furan rings is 1. The van der Waals surface area contributed by atoms with Gasteiger partial charge in [0.15, 0.2) is 0 Å². The third-order valence-corrected chi connectivity index (χ3v) is 11.5. The van der Waals surface area contributed by atoms with Gasteiger partial charge >= 0.3 is 0 Å². The molecule has 0 bridgehead atoms. The van der Waals surface area contributed by atoms with Crippen LogP contribution in [0.5, 0.6) is 0 Å². The minimum Gasteiger partial charge on any atom is -0.456 e. The van der Waals surface area contributed by atoms with Crippen LogP contribution < -0.4 is 4.90 Å². The highest BCUT2D eigenvalue weighted by Crippen LogP contribution is 2.41. The number of para-hydroxylation sites is 1. The maximum atomic E-state index is 6.39. The van der Waals surface area contributed by atoms with Crippen molar-refractivity contribution in [3.63, 3.8) is 0 Å². The highest BCUT2D eigenvalue weighted by Gasteiger charge is 2.17. The molecule has 11 aromatic rings. The number of hydrogen-bond donors (Lipinski definition) is 0. The molecule has 0 spiro atoms. The van der Waals surface area contributed by atoms with Crippen molar-refractivity contribution in [2.45, 2.75) is 0 Å². The molecule has 0 unspecified atom stereocenters. The van der Waals surface area contributed by atoms with Gasteiger partial charge in [0, 0.05) is 33.9 Å². The van der Waals surface area contributed by atoms with Crippen LogP contribution in [0, 0.1) is 0 Å².